The lowest BCUT2D eigenvalue weighted by Gasteiger charge is -2.35. The Bertz CT molecular complexity index is 1230. The van der Waals surface area contributed by atoms with E-state index in [-0.39, 0.29) is 11.7 Å². The number of hydrogen-bond donors (Lipinski definition) is 0. The Morgan fingerprint density at radius 3 is 2.21 bits per heavy atom. The number of amides is 1. The molecule has 1 amide bonds. The smallest absolute Gasteiger partial charge is 0.227 e. The van der Waals surface area contributed by atoms with Crippen LogP contribution in [-0.2, 0) is 11.2 Å². The number of carbonyl (C=O) groups excluding carboxylic acids is 1. The number of carbonyl (C=O) groups is 1. The first-order chi connectivity index (χ1) is 16.2. The Kier molecular flexibility index (Phi) is 5.89. The lowest BCUT2D eigenvalue weighted by atomic mass is 10.0. The summed E-state index contributed by atoms with van der Waals surface area (Å²) in [5.41, 5.74) is 3.80. The summed E-state index contributed by atoms with van der Waals surface area (Å²) < 4.78 is 16.0. The average Bonchev–Trinajstić information content (AvgIpc) is 3.35. The monoisotopic (exact) mass is 440 g/mol. The lowest BCUT2D eigenvalue weighted by Crippen LogP contribution is -2.49. The number of halogens is 1. The van der Waals surface area contributed by atoms with Crippen molar-refractivity contribution < 1.29 is 9.18 Å². The van der Waals surface area contributed by atoms with Crippen LogP contribution in [0.2, 0.25) is 0 Å². The SMILES string of the molecule is O=C(Cc1ccc(-c2ccccc2)cc1)N1CCN(c2nccn2-c2ccccc2F)CC1. The van der Waals surface area contributed by atoms with Crippen molar-refractivity contribution in [1.29, 1.82) is 0 Å². The predicted octanol–water partition coefficient (Wildman–Crippen LogP) is 4.57. The number of imidazole rings is 1. The van der Waals surface area contributed by atoms with Crippen molar-refractivity contribution in [3.63, 3.8) is 0 Å². The van der Waals surface area contributed by atoms with E-state index in [1.807, 2.05) is 41.3 Å². The van der Waals surface area contributed by atoms with Crippen LogP contribution in [0.1, 0.15) is 5.56 Å². The van der Waals surface area contributed by atoms with Gasteiger partial charge in [-0.25, -0.2) is 9.37 Å². The first-order valence-electron chi connectivity index (χ1n) is 11.1. The van der Waals surface area contributed by atoms with Crippen molar-refractivity contribution >= 4 is 11.9 Å². The molecule has 3 aromatic carbocycles. The van der Waals surface area contributed by atoms with Crippen LogP contribution in [0.15, 0.2) is 91.3 Å². The van der Waals surface area contributed by atoms with Gasteiger partial charge in [0.25, 0.3) is 0 Å². The highest BCUT2D eigenvalue weighted by Gasteiger charge is 2.24. The Morgan fingerprint density at radius 1 is 0.818 bits per heavy atom. The minimum absolute atomic E-state index is 0.125. The van der Waals surface area contributed by atoms with Crippen LogP contribution in [-0.4, -0.2) is 46.5 Å². The molecule has 1 aromatic heterocycles. The van der Waals surface area contributed by atoms with Crippen LogP contribution in [0.4, 0.5) is 10.3 Å². The molecule has 0 bridgehead atoms. The third-order valence-electron chi connectivity index (χ3n) is 6.06. The van der Waals surface area contributed by atoms with Crippen molar-refractivity contribution in [2.24, 2.45) is 0 Å². The molecule has 5 nitrogen and oxygen atoms in total. The van der Waals surface area contributed by atoms with E-state index in [0.717, 1.165) is 11.1 Å². The molecule has 0 saturated carbocycles. The molecule has 4 aromatic rings. The van der Waals surface area contributed by atoms with Crippen LogP contribution in [0, 0.1) is 5.82 Å². The Morgan fingerprint density at radius 2 is 1.48 bits per heavy atom. The molecule has 0 unspecified atom stereocenters. The third-order valence-corrected chi connectivity index (χ3v) is 6.06. The second kappa shape index (κ2) is 9.28. The maximum absolute atomic E-state index is 14.3. The number of hydrogen-bond acceptors (Lipinski definition) is 3. The van der Waals surface area contributed by atoms with E-state index in [4.69, 9.17) is 0 Å². The number of rotatable bonds is 5. The van der Waals surface area contributed by atoms with Crippen molar-refractivity contribution in [2.45, 2.75) is 6.42 Å². The van der Waals surface area contributed by atoms with Crippen LogP contribution in [0.5, 0.6) is 0 Å². The van der Waals surface area contributed by atoms with E-state index >= 15 is 0 Å². The largest absolute Gasteiger partial charge is 0.339 e. The number of benzene rings is 3. The molecule has 0 N–H and O–H groups in total. The van der Waals surface area contributed by atoms with Crippen molar-refractivity contribution in [3.05, 3.63) is 103 Å². The van der Waals surface area contributed by atoms with Gasteiger partial charge in [0.2, 0.25) is 11.9 Å². The summed E-state index contributed by atoms with van der Waals surface area (Å²) >= 11 is 0. The quantitative estimate of drug-likeness (QED) is 0.457. The van der Waals surface area contributed by atoms with Gasteiger partial charge in [-0.05, 0) is 28.8 Å². The Balaban J connectivity index is 1.20. The van der Waals surface area contributed by atoms with Crippen LogP contribution < -0.4 is 4.90 Å². The van der Waals surface area contributed by atoms with Crippen molar-refractivity contribution in [3.8, 4) is 16.8 Å². The first-order valence-corrected chi connectivity index (χ1v) is 11.1. The highest BCUT2D eigenvalue weighted by molar-refractivity contribution is 5.79. The second-order valence-corrected chi connectivity index (χ2v) is 8.16. The van der Waals surface area contributed by atoms with Gasteiger partial charge in [0.05, 0.1) is 12.1 Å². The summed E-state index contributed by atoms with van der Waals surface area (Å²) in [6.07, 6.45) is 3.84. The standard InChI is InChI=1S/C27H25FN4O/c28-24-8-4-5-9-25(24)32-15-14-29-27(32)31-18-16-30(17-19-31)26(33)20-21-10-12-23(13-11-21)22-6-2-1-3-7-22/h1-15H,16-20H2. The minimum Gasteiger partial charge on any atom is -0.339 e. The fourth-order valence-electron chi connectivity index (χ4n) is 4.25. The highest BCUT2D eigenvalue weighted by Crippen LogP contribution is 2.23. The van der Waals surface area contributed by atoms with Gasteiger partial charge in [-0.1, -0.05) is 66.7 Å². The number of aromatic nitrogens is 2. The first kappa shape index (κ1) is 20.9. The van der Waals surface area contributed by atoms with Gasteiger partial charge in [0.15, 0.2) is 0 Å². The molecule has 6 heteroatoms. The van der Waals surface area contributed by atoms with E-state index in [9.17, 15) is 9.18 Å². The molecule has 1 saturated heterocycles. The molecule has 0 spiro atoms. The van der Waals surface area contributed by atoms with E-state index in [0.29, 0.717) is 44.2 Å². The van der Waals surface area contributed by atoms with Gasteiger partial charge in [-0.15, -0.1) is 0 Å². The fourth-order valence-corrected chi connectivity index (χ4v) is 4.25. The molecule has 0 radical (unpaired) electrons. The zero-order chi connectivity index (χ0) is 22.6. The number of piperazine rings is 1. The van der Waals surface area contributed by atoms with E-state index in [1.165, 1.54) is 11.6 Å². The molecule has 166 valence electrons. The van der Waals surface area contributed by atoms with Crippen LogP contribution in [0.3, 0.4) is 0 Å². The Hall–Kier alpha value is -3.93. The van der Waals surface area contributed by atoms with E-state index in [1.54, 1.807) is 29.1 Å². The normalized spacial score (nSPS) is 13.8. The van der Waals surface area contributed by atoms with Gasteiger partial charge in [0.1, 0.15) is 5.82 Å². The molecule has 1 aliphatic rings. The maximum atomic E-state index is 14.3. The molecular formula is C27H25FN4O. The number of anilines is 1. The summed E-state index contributed by atoms with van der Waals surface area (Å²) in [4.78, 5) is 21.3. The fraction of sp³-hybridized carbons (Fsp3) is 0.185. The van der Waals surface area contributed by atoms with Crippen LogP contribution in [0.25, 0.3) is 16.8 Å². The molecule has 1 aliphatic heterocycles. The number of nitrogens with zero attached hydrogens (tertiary/aromatic N) is 4. The minimum atomic E-state index is -0.288. The molecule has 5 rings (SSSR count). The van der Waals surface area contributed by atoms with Gasteiger partial charge in [-0.3, -0.25) is 9.36 Å². The third kappa shape index (κ3) is 4.51. The second-order valence-electron chi connectivity index (χ2n) is 8.16. The number of para-hydroxylation sites is 1. The molecule has 0 aliphatic carbocycles. The summed E-state index contributed by atoms with van der Waals surface area (Å²) in [7, 11) is 0. The van der Waals surface area contributed by atoms with Gasteiger partial charge in [0, 0.05) is 38.6 Å². The summed E-state index contributed by atoms with van der Waals surface area (Å²) in [6, 6.07) is 25.1. The molecule has 2 heterocycles. The molecule has 0 atom stereocenters. The van der Waals surface area contributed by atoms with Crippen LogP contribution >= 0.6 is 0 Å². The molecular weight excluding hydrogens is 415 g/mol. The van der Waals surface area contributed by atoms with Crippen molar-refractivity contribution in [2.75, 3.05) is 31.1 Å². The van der Waals surface area contributed by atoms with E-state index in [2.05, 4.69) is 34.1 Å². The van der Waals surface area contributed by atoms with Gasteiger partial charge in [-0.2, -0.15) is 0 Å². The summed E-state index contributed by atoms with van der Waals surface area (Å²) in [5.74, 6) is 0.534. The summed E-state index contributed by atoms with van der Waals surface area (Å²) in [6.45, 7) is 2.55. The maximum Gasteiger partial charge on any atom is 0.227 e. The van der Waals surface area contributed by atoms with Crippen molar-refractivity contribution in [1.82, 2.24) is 14.5 Å². The Labute approximate surface area is 192 Å². The summed E-state index contributed by atoms with van der Waals surface area (Å²) in [5, 5.41) is 0. The topological polar surface area (TPSA) is 41.4 Å². The van der Waals surface area contributed by atoms with Gasteiger partial charge >= 0.3 is 0 Å². The van der Waals surface area contributed by atoms with E-state index < -0.39 is 0 Å². The predicted molar refractivity (Wildman–Crippen MR) is 128 cm³/mol. The zero-order valence-electron chi connectivity index (χ0n) is 18.3. The zero-order valence-corrected chi connectivity index (χ0v) is 18.3. The van der Waals surface area contributed by atoms with Gasteiger partial charge < -0.3 is 9.80 Å². The average molecular weight is 441 g/mol. The molecule has 33 heavy (non-hydrogen) atoms. The highest BCUT2D eigenvalue weighted by atomic mass is 19.1. The molecule has 1 fully saturated rings. The lowest BCUT2D eigenvalue weighted by molar-refractivity contribution is -0.130.